The van der Waals surface area contributed by atoms with Gasteiger partial charge in [0.2, 0.25) is 0 Å². The van der Waals surface area contributed by atoms with Crippen molar-refractivity contribution < 1.29 is 9.32 Å². The summed E-state index contributed by atoms with van der Waals surface area (Å²) < 4.78 is 5.63. The molecule has 3 aromatic rings. The van der Waals surface area contributed by atoms with Crippen molar-refractivity contribution >= 4 is 5.91 Å². The van der Waals surface area contributed by atoms with Gasteiger partial charge in [0, 0.05) is 37.2 Å². The molecule has 3 aromatic heterocycles. The number of carbonyl (C=O) groups excluding carboxylic acids is 1. The van der Waals surface area contributed by atoms with Crippen LogP contribution in [0.25, 0.3) is 11.5 Å². The van der Waals surface area contributed by atoms with E-state index in [1.54, 1.807) is 18.6 Å². The zero-order valence-electron chi connectivity index (χ0n) is 17.1. The standard InChI is InChI=1S/C23H25N5O2/c1-16-4-2-10-25-19(16)21(29)28-13-3-9-23(15-28,14-17-5-6-17)22-26-20(30-27-22)18-7-11-24-12-8-18/h2,4,7-8,10-12,17H,3,5-6,9,13-15H2,1H3. The number of amides is 1. The molecular formula is C23H25N5O2. The van der Waals surface area contributed by atoms with E-state index in [0.29, 0.717) is 24.0 Å². The molecular weight excluding hydrogens is 378 g/mol. The predicted molar refractivity (Wildman–Crippen MR) is 111 cm³/mol. The van der Waals surface area contributed by atoms with Crippen LogP contribution in [0, 0.1) is 12.8 Å². The predicted octanol–water partition coefficient (Wildman–Crippen LogP) is 3.81. The minimum atomic E-state index is -0.271. The monoisotopic (exact) mass is 403 g/mol. The first-order valence-corrected chi connectivity index (χ1v) is 10.6. The third-order valence-corrected chi connectivity index (χ3v) is 6.28. The Morgan fingerprint density at radius 2 is 2.07 bits per heavy atom. The fraction of sp³-hybridized carbons (Fsp3) is 0.435. The van der Waals surface area contributed by atoms with Gasteiger partial charge in [-0.25, -0.2) is 0 Å². The second-order valence-corrected chi connectivity index (χ2v) is 8.59. The summed E-state index contributed by atoms with van der Waals surface area (Å²) in [4.78, 5) is 28.4. The summed E-state index contributed by atoms with van der Waals surface area (Å²) in [5.41, 5.74) is 2.02. The Kier molecular flexibility index (Phi) is 4.81. The van der Waals surface area contributed by atoms with Crippen LogP contribution < -0.4 is 0 Å². The van der Waals surface area contributed by atoms with Gasteiger partial charge in [0.25, 0.3) is 11.8 Å². The molecule has 30 heavy (non-hydrogen) atoms. The molecule has 7 heteroatoms. The number of pyridine rings is 2. The Balaban J connectivity index is 1.46. The normalized spacial score (nSPS) is 21.6. The summed E-state index contributed by atoms with van der Waals surface area (Å²) in [5.74, 6) is 1.90. The zero-order chi connectivity index (χ0) is 20.6. The molecule has 0 N–H and O–H groups in total. The van der Waals surface area contributed by atoms with Crippen LogP contribution in [-0.4, -0.2) is 44.0 Å². The fourth-order valence-electron chi connectivity index (χ4n) is 4.53. The number of nitrogens with zero attached hydrogens (tertiary/aromatic N) is 5. The van der Waals surface area contributed by atoms with Crippen LogP contribution in [0.1, 0.15) is 54.0 Å². The Labute approximate surface area is 175 Å². The highest BCUT2D eigenvalue weighted by molar-refractivity contribution is 5.93. The van der Waals surface area contributed by atoms with E-state index in [-0.39, 0.29) is 11.3 Å². The number of carbonyl (C=O) groups is 1. The molecule has 2 aliphatic rings. The Hall–Kier alpha value is -3.09. The zero-order valence-corrected chi connectivity index (χ0v) is 17.1. The first-order valence-electron chi connectivity index (χ1n) is 10.6. The van der Waals surface area contributed by atoms with Crippen molar-refractivity contribution in [3.63, 3.8) is 0 Å². The van der Waals surface area contributed by atoms with E-state index in [0.717, 1.165) is 42.8 Å². The molecule has 7 nitrogen and oxygen atoms in total. The minimum Gasteiger partial charge on any atom is -0.336 e. The highest BCUT2D eigenvalue weighted by Gasteiger charge is 2.46. The Morgan fingerprint density at radius 3 is 2.83 bits per heavy atom. The van der Waals surface area contributed by atoms with Crippen molar-refractivity contribution in [3.05, 3.63) is 59.9 Å². The Bertz CT molecular complexity index is 1050. The van der Waals surface area contributed by atoms with Crippen molar-refractivity contribution in [2.45, 2.75) is 44.4 Å². The average Bonchev–Trinajstić information content (AvgIpc) is 3.44. The highest BCUT2D eigenvalue weighted by atomic mass is 16.5. The highest BCUT2D eigenvalue weighted by Crippen LogP contribution is 2.46. The molecule has 1 aliphatic carbocycles. The van der Waals surface area contributed by atoms with Crippen molar-refractivity contribution in [2.24, 2.45) is 5.92 Å². The van der Waals surface area contributed by atoms with E-state index in [9.17, 15) is 4.79 Å². The van der Waals surface area contributed by atoms with Gasteiger partial charge in [-0.2, -0.15) is 4.98 Å². The molecule has 0 bridgehead atoms. The SMILES string of the molecule is Cc1cccnc1C(=O)N1CCCC(CC2CC2)(c2noc(-c3ccncc3)n2)C1. The fourth-order valence-corrected chi connectivity index (χ4v) is 4.53. The van der Waals surface area contributed by atoms with Gasteiger partial charge in [0.05, 0.1) is 5.41 Å². The van der Waals surface area contributed by atoms with E-state index in [1.165, 1.54) is 12.8 Å². The molecule has 0 spiro atoms. The van der Waals surface area contributed by atoms with E-state index in [2.05, 4.69) is 15.1 Å². The van der Waals surface area contributed by atoms with Crippen molar-refractivity contribution in [2.75, 3.05) is 13.1 Å². The average molecular weight is 403 g/mol. The molecule has 0 aromatic carbocycles. The van der Waals surface area contributed by atoms with Crippen LogP contribution in [0.3, 0.4) is 0 Å². The van der Waals surface area contributed by atoms with Crippen LogP contribution in [-0.2, 0) is 5.41 Å². The van der Waals surface area contributed by atoms with Gasteiger partial charge < -0.3 is 9.42 Å². The molecule has 2 fully saturated rings. The van der Waals surface area contributed by atoms with Crippen molar-refractivity contribution in [1.29, 1.82) is 0 Å². The third kappa shape index (κ3) is 3.60. The van der Waals surface area contributed by atoms with E-state index < -0.39 is 0 Å². The lowest BCUT2D eigenvalue weighted by atomic mass is 9.74. The second kappa shape index (κ2) is 7.63. The first-order chi connectivity index (χ1) is 14.6. The summed E-state index contributed by atoms with van der Waals surface area (Å²) >= 11 is 0. The van der Waals surface area contributed by atoms with Gasteiger partial charge in [0.15, 0.2) is 5.82 Å². The quantitative estimate of drug-likeness (QED) is 0.644. The molecule has 1 atom stereocenters. The number of piperidine rings is 1. The maximum absolute atomic E-state index is 13.3. The molecule has 1 aliphatic heterocycles. The summed E-state index contributed by atoms with van der Waals surface area (Å²) in [5, 5.41) is 4.39. The third-order valence-electron chi connectivity index (χ3n) is 6.28. The van der Waals surface area contributed by atoms with Crippen LogP contribution in [0.15, 0.2) is 47.4 Å². The van der Waals surface area contributed by atoms with E-state index in [4.69, 9.17) is 9.51 Å². The van der Waals surface area contributed by atoms with Gasteiger partial charge in [-0.05, 0) is 55.9 Å². The summed E-state index contributed by atoms with van der Waals surface area (Å²) in [6, 6.07) is 7.53. The molecule has 1 saturated heterocycles. The lowest BCUT2D eigenvalue weighted by Crippen LogP contribution is -2.49. The van der Waals surface area contributed by atoms with Gasteiger partial charge in [-0.1, -0.05) is 24.1 Å². The maximum Gasteiger partial charge on any atom is 0.272 e. The topological polar surface area (TPSA) is 85.0 Å². The lowest BCUT2D eigenvalue weighted by Gasteiger charge is -2.41. The number of likely N-dealkylation sites (tertiary alicyclic amines) is 1. The number of aromatic nitrogens is 4. The summed E-state index contributed by atoms with van der Waals surface area (Å²) in [6.07, 6.45) is 10.5. The molecule has 1 amide bonds. The van der Waals surface area contributed by atoms with Crippen LogP contribution >= 0.6 is 0 Å². The van der Waals surface area contributed by atoms with E-state index >= 15 is 0 Å². The molecule has 1 saturated carbocycles. The number of hydrogen-bond acceptors (Lipinski definition) is 6. The summed E-state index contributed by atoms with van der Waals surface area (Å²) in [6.45, 7) is 3.27. The Morgan fingerprint density at radius 1 is 1.23 bits per heavy atom. The lowest BCUT2D eigenvalue weighted by molar-refractivity contribution is 0.0600. The first kappa shape index (κ1) is 18.9. The number of aryl methyl sites for hydroxylation is 1. The van der Waals surface area contributed by atoms with Gasteiger partial charge >= 0.3 is 0 Å². The van der Waals surface area contributed by atoms with Crippen molar-refractivity contribution in [3.8, 4) is 11.5 Å². The molecule has 154 valence electrons. The molecule has 4 heterocycles. The smallest absolute Gasteiger partial charge is 0.272 e. The van der Waals surface area contributed by atoms with Crippen LogP contribution in [0.4, 0.5) is 0 Å². The van der Waals surface area contributed by atoms with Crippen LogP contribution in [0.2, 0.25) is 0 Å². The van der Waals surface area contributed by atoms with Crippen molar-refractivity contribution in [1.82, 2.24) is 25.0 Å². The van der Waals surface area contributed by atoms with Gasteiger partial charge in [-0.15, -0.1) is 0 Å². The van der Waals surface area contributed by atoms with E-state index in [1.807, 2.05) is 36.1 Å². The van der Waals surface area contributed by atoms with Gasteiger partial charge in [-0.3, -0.25) is 14.8 Å². The molecule has 0 radical (unpaired) electrons. The maximum atomic E-state index is 13.3. The summed E-state index contributed by atoms with van der Waals surface area (Å²) in [7, 11) is 0. The number of hydrogen-bond donors (Lipinski definition) is 0. The van der Waals surface area contributed by atoms with Gasteiger partial charge in [0.1, 0.15) is 5.69 Å². The minimum absolute atomic E-state index is 0.00850. The largest absolute Gasteiger partial charge is 0.336 e. The number of rotatable bonds is 5. The van der Waals surface area contributed by atoms with Crippen LogP contribution in [0.5, 0.6) is 0 Å². The molecule has 5 rings (SSSR count). The second-order valence-electron chi connectivity index (χ2n) is 8.59. The molecule has 1 unspecified atom stereocenters.